The van der Waals surface area contributed by atoms with Gasteiger partial charge in [0.05, 0.1) is 18.2 Å². The molecule has 0 bridgehead atoms. The highest BCUT2D eigenvalue weighted by atomic mass is 32.2. The molecule has 0 spiro atoms. The number of alkyl halides is 3. The largest absolute Gasteiger partial charge is 0.466 e. The molecular weight excluding hydrogens is 379 g/mol. The van der Waals surface area contributed by atoms with Gasteiger partial charge in [0.25, 0.3) is 5.91 Å². The SMILES string of the molecule is COC(=O)/C=C1/S/C(=N\N=Cc2ccccc2SC(F)(F)F)NC1=O. The summed E-state index contributed by atoms with van der Waals surface area (Å²) in [7, 11) is 1.17. The van der Waals surface area contributed by atoms with Gasteiger partial charge in [-0.25, -0.2) is 4.79 Å². The van der Waals surface area contributed by atoms with Crippen molar-refractivity contribution in [2.45, 2.75) is 10.4 Å². The third kappa shape index (κ3) is 5.94. The van der Waals surface area contributed by atoms with Crippen LogP contribution in [0.4, 0.5) is 13.2 Å². The average molecular weight is 389 g/mol. The highest BCUT2D eigenvalue weighted by Gasteiger charge is 2.30. The van der Waals surface area contributed by atoms with E-state index in [1.54, 1.807) is 6.07 Å². The van der Waals surface area contributed by atoms with E-state index in [1.807, 2.05) is 0 Å². The maximum Gasteiger partial charge on any atom is 0.446 e. The number of amidine groups is 1. The van der Waals surface area contributed by atoms with Gasteiger partial charge in [0.15, 0.2) is 5.17 Å². The molecule has 25 heavy (non-hydrogen) atoms. The Morgan fingerprint density at radius 1 is 1.36 bits per heavy atom. The van der Waals surface area contributed by atoms with Gasteiger partial charge in [-0.15, -0.1) is 5.10 Å². The molecule has 132 valence electrons. The number of thioether (sulfide) groups is 2. The van der Waals surface area contributed by atoms with Crippen LogP contribution in [0.2, 0.25) is 0 Å². The van der Waals surface area contributed by atoms with E-state index >= 15 is 0 Å². The van der Waals surface area contributed by atoms with E-state index in [1.165, 1.54) is 25.3 Å². The molecular formula is C14H10F3N3O3S2. The molecule has 1 N–H and O–H groups in total. The van der Waals surface area contributed by atoms with Crippen molar-refractivity contribution in [1.82, 2.24) is 5.32 Å². The lowest BCUT2D eigenvalue weighted by molar-refractivity contribution is -0.135. The minimum Gasteiger partial charge on any atom is -0.466 e. The molecule has 0 aromatic heterocycles. The van der Waals surface area contributed by atoms with Crippen molar-refractivity contribution in [2.75, 3.05) is 7.11 Å². The lowest BCUT2D eigenvalue weighted by atomic mass is 10.2. The molecule has 1 fully saturated rings. The number of benzene rings is 1. The van der Waals surface area contributed by atoms with E-state index in [0.717, 1.165) is 24.1 Å². The summed E-state index contributed by atoms with van der Waals surface area (Å²) >= 11 is 0.607. The predicted octanol–water partition coefficient (Wildman–Crippen LogP) is 2.91. The quantitative estimate of drug-likeness (QED) is 0.282. The van der Waals surface area contributed by atoms with Gasteiger partial charge in [0, 0.05) is 16.5 Å². The van der Waals surface area contributed by atoms with E-state index < -0.39 is 17.4 Å². The number of amides is 1. The number of carbonyl (C=O) groups excluding carboxylic acids is 2. The molecule has 0 atom stereocenters. The number of methoxy groups -OCH3 is 1. The summed E-state index contributed by atoms with van der Waals surface area (Å²) in [4.78, 5) is 22.8. The van der Waals surface area contributed by atoms with Crippen LogP contribution in [0.1, 0.15) is 5.56 Å². The van der Waals surface area contributed by atoms with E-state index in [2.05, 4.69) is 20.3 Å². The number of carbonyl (C=O) groups is 2. The number of esters is 1. The summed E-state index contributed by atoms with van der Waals surface area (Å²) < 4.78 is 41.9. The summed E-state index contributed by atoms with van der Waals surface area (Å²) in [6, 6.07) is 5.82. The molecule has 6 nitrogen and oxygen atoms in total. The van der Waals surface area contributed by atoms with Crippen LogP contribution in [-0.4, -0.2) is 35.9 Å². The maximum absolute atomic E-state index is 12.5. The van der Waals surface area contributed by atoms with Crippen LogP contribution in [0, 0.1) is 0 Å². The van der Waals surface area contributed by atoms with Gasteiger partial charge in [-0.05, 0) is 29.6 Å². The van der Waals surface area contributed by atoms with Gasteiger partial charge < -0.3 is 4.74 Å². The third-order valence-electron chi connectivity index (χ3n) is 2.59. The molecule has 1 heterocycles. The normalized spacial score (nSPS) is 18.2. The Labute approximate surface area is 148 Å². The number of ether oxygens (including phenoxy) is 1. The van der Waals surface area contributed by atoms with Crippen molar-refractivity contribution in [3.63, 3.8) is 0 Å². The fourth-order valence-corrected chi connectivity index (χ4v) is 2.96. The zero-order valence-electron chi connectivity index (χ0n) is 12.5. The second-order valence-corrected chi connectivity index (χ2v) is 6.46. The molecule has 1 aromatic rings. The Morgan fingerprint density at radius 3 is 2.76 bits per heavy atom. The van der Waals surface area contributed by atoms with E-state index in [4.69, 9.17) is 0 Å². The number of nitrogens with one attached hydrogen (secondary N) is 1. The minimum absolute atomic E-state index is 0.0201. The van der Waals surface area contributed by atoms with Crippen molar-refractivity contribution in [3.8, 4) is 0 Å². The first-order valence-corrected chi connectivity index (χ1v) is 8.16. The molecule has 0 unspecified atom stereocenters. The molecule has 11 heteroatoms. The molecule has 2 rings (SSSR count). The number of hydrogen-bond acceptors (Lipinski definition) is 7. The summed E-state index contributed by atoms with van der Waals surface area (Å²) in [5.74, 6) is -1.24. The van der Waals surface area contributed by atoms with Crippen LogP contribution in [0.5, 0.6) is 0 Å². The molecule has 0 saturated carbocycles. The molecule has 1 amide bonds. The Kier molecular flexibility index (Phi) is 6.26. The maximum atomic E-state index is 12.5. The van der Waals surface area contributed by atoms with Crippen LogP contribution in [0.15, 0.2) is 50.3 Å². The standard InChI is InChI=1S/C14H10F3N3O3S2/c1-23-11(21)6-10-12(22)19-13(24-10)20-18-7-8-4-2-3-5-9(8)25-14(15,16)17/h2-7H,1H3,(H,19,20,22)/b10-6+,18-7?. The first-order valence-electron chi connectivity index (χ1n) is 6.53. The van der Waals surface area contributed by atoms with Gasteiger partial charge in [0.1, 0.15) is 0 Å². The fourth-order valence-electron chi connectivity index (χ4n) is 1.59. The fraction of sp³-hybridized carbons (Fsp3) is 0.143. The van der Waals surface area contributed by atoms with Crippen LogP contribution in [0.25, 0.3) is 0 Å². The van der Waals surface area contributed by atoms with Crippen LogP contribution >= 0.6 is 23.5 Å². The Morgan fingerprint density at radius 2 is 2.08 bits per heavy atom. The second kappa shape index (κ2) is 8.21. The van der Waals surface area contributed by atoms with Crippen LogP contribution < -0.4 is 5.32 Å². The first kappa shape index (κ1) is 19.1. The van der Waals surface area contributed by atoms with Crippen LogP contribution in [0.3, 0.4) is 0 Å². The van der Waals surface area contributed by atoms with Crippen molar-refractivity contribution in [2.24, 2.45) is 10.2 Å². The highest BCUT2D eigenvalue weighted by molar-refractivity contribution is 8.18. The summed E-state index contributed by atoms with van der Waals surface area (Å²) in [5.41, 5.74) is -4.19. The van der Waals surface area contributed by atoms with E-state index in [-0.39, 0.29) is 32.3 Å². The lowest BCUT2D eigenvalue weighted by Gasteiger charge is -2.07. The van der Waals surface area contributed by atoms with E-state index in [0.29, 0.717) is 0 Å². The average Bonchev–Trinajstić information content (AvgIpc) is 2.87. The van der Waals surface area contributed by atoms with Crippen molar-refractivity contribution >= 4 is 46.8 Å². The van der Waals surface area contributed by atoms with Gasteiger partial charge >= 0.3 is 11.5 Å². The number of nitrogens with zero attached hydrogens (tertiary/aromatic N) is 2. The summed E-state index contributed by atoms with van der Waals surface area (Å²) in [5, 5.41) is 9.88. The van der Waals surface area contributed by atoms with E-state index in [9.17, 15) is 22.8 Å². The predicted molar refractivity (Wildman–Crippen MR) is 89.2 cm³/mol. The molecule has 1 aliphatic rings. The minimum atomic E-state index is -4.42. The van der Waals surface area contributed by atoms with Gasteiger partial charge in [-0.3, -0.25) is 10.1 Å². The zero-order chi connectivity index (χ0) is 18.4. The van der Waals surface area contributed by atoms with Gasteiger partial charge in [-0.1, -0.05) is 18.2 Å². The van der Waals surface area contributed by atoms with Gasteiger partial charge in [0.2, 0.25) is 0 Å². The smallest absolute Gasteiger partial charge is 0.446 e. The third-order valence-corrected chi connectivity index (χ3v) is 4.31. The Balaban J connectivity index is 2.11. The molecule has 1 saturated heterocycles. The Bertz CT molecular complexity index is 776. The number of hydrogen-bond donors (Lipinski definition) is 1. The number of rotatable bonds is 4. The van der Waals surface area contributed by atoms with Crippen molar-refractivity contribution in [3.05, 3.63) is 40.8 Å². The second-order valence-electron chi connectivity index (χ2n) is 4.32. The Hall–Kier alpha value is -2.27. The van der Waals surface area contributed by atoms with Crippen molar-refractivity contribution < 1.29 is 27.5 Å². The van der Waals surface area contributed by atoms with Crippen LogP contribution in [-0.2, 0) is 14.3 Å². The summed E-state index contributed by atoms with van der Waals surface area (Å²) in [6.45, 7) is 0. The monoisotopic (exact) mass is 389 g/mol. The first-order chi connectivity index (χ1) is 11.8. The molecule has 1 aliphatic heterocycles. The van der Waals surface area contributed by atoms with Crippen molar-refractivity contribution in [1.29, 1.82) is 0 Å². The lowest BCUT2D eigenvalue weighted by Crippen LogP contribution is -2.19. The molecule has 1 aromatic carbocycles. The molecule has 0 aliphatic carbocycles. The molecule has 0 radical (unpaired) electrons. The summed E-state index contributed by atoms with van der Waals surface area (Å²) in [6.07, 6.45) is 2.15. The zero-order valence-corrected chi connectivity index (χ0v) is 14.2. The van der Waals surface area contributed by atoms with Gasteiger partial charge in [-0.2, -0.15) is 18.3 Å². The topological polar surface area (TPSA) is 80.1 Å². The highest BCUT2D eigenvalue weighted by Crippen LogP contribution is 2.38. The number of halogens is 3.